The highest BCUT2D eigenvalue weighted by molar-refractivity contribution is 5.69. The van der Waals surface area contributed by atoms with Crippen LogP contribution >= 0.6 is 0 Å². The fraction of sp³-hybridized carbons (Fsp3) is 0.125. The molecule has 0 saturated carbocycles. The maximum Gasteiger partial charge on any atom is 0.177 e. The van der Waals surface area contributed by atoms with Gasteiger partial charge in [-0.3, -0.25) is 0 Å². The third kappa shape index (κ3) is 3.43. The second-order valence-electron chi connectivity index (χ2n) is 4.53. The third-order valence-electron chi connectivity index (χ3n) is 2.86. The Bertz CT molecular complexity index is 746. The Morgan fingerprint density at radius 1 is 1.00 bits per heavy atom. The average molecular weight is 275 g/mol. The van der Waals surface area contributed by atoms with Crippen LogP contribution in [0.2, 0.25) is 0 Å². The molecule has 1 heterocycles. The average Bonchev–Trinajstić information content (AvgIpc) is 2.52. The van der Waals surface area contributed by atoms with E-state index in [4.69, 9.17) is 10.5 Å². The highest BCUT2D eigenvalue weighted by Gasteiger charge is 2.04. The first-order valence-electron chi connectivity index (χ1n) is 6.26. The topological polar surface area (TPSA) is 76.6 Å². The molecule has 1 aromatic carbocycles. The summed E-state index contributed by atoms with van der Waals surface area (Å²) in [5, 5.41) is 17.7. The lowest BCUT2D eigenvalue weighted by Crippen LogP contribution is -2.07. The molecule has 5 nitrogen and oxygen atoms in total. The number of hydrogen-bond acceptors (Lipinski definition) is 5. The summed E-state index contributed by atoms with van der Waals surface area (Å²) in [6.45, 7) is 0. The van der Waals surface area contributed by atoms with Crippen LogP contribution in [0.1, 0.15) is 22.6 Å². The first kappa shape index (κ1) is 14.2. The van der Waals surface area contributed by atoms with E-state index in [9.17, 15) is 0 Å². The summed E-state index contributed by atoms with van der Waals surface area (Å²) in [7, 11) is 3.97. The van der Waals surface area contributed by atoms with Crippen molar-refractivity contribution in [3.63, 3.8) is 0 Å². The van der Waals surface area contributed by atoms with Crippen LogP contribution < -0.4 is 4.90 Å². The highest BCUT2D eigenvalue weighted by Crippen LogP contribution is 2.14. The second kappa shape index (κ2) is 6.31. The van der Waals surface area contributed by atoms with Gasteiger partial charge < -0.3 is 4.90 Å². The molecule has 0 aliphatic heterocycles. The molecule has 21 heavy (non-hydrogen) atoms. The monoisotopic (exact) mass is 275 g/mol. The molecule has 0 atom stereocenters. The van der Waals surface area contributed by atoms with E-state index >= 15 is 0 Å². The number of benzene rings is 1. The van der Waals surface area contributed by atoms with Gasteiger partial charge in [-0.1, -0.05) is 18.2 Å². The zero-order valence-electron chi connectivity index (χ0n) is 11.8. The Morgan fingerprint density at radius 3 is 2.24 bits per heavy atom. The normalized spacial score (nSPS) is 10.1. The molecule has 0 aliphatic rings. The zero-order chi connectivity index (χ0) is 15.2. The van der Waals surface area contributed by atoms with Gasteiger partial charge in [0.2, 0.25) is 0 Å². The van der Waals surface area contributed by atoms with E-state index in [2.05, 4.69) is 9.97 Å². The molecule has 0 fully saturated rings. The lowest BCUT2D eigenvalue weighted by molar-refractivity contribution is 1.11. The summed E-state index contributed by atoms with van der Waals surface area (Å²) in [5.41, 5.74) is 2.78. The number of aromatic nitrogens is 2. The van der Waals surface area contributed by atoms with Gasteiger partial charge >= 0.3 is 0 Å². The molecule has 0 aliphatic carbocycles. The van der Waals surface area contributed by atoms with E-state index in [-0.39, 0.29) is 11.4 Å². The van der Waals surface area contributed by atoms with Crippen LogP contribution in [0.3, 0.4) is 0 Å². The van der Waals surface area contributed by atoms with E-state index in [1.807, 2.05) is 61.5 Å². The predicted molar refractivity (Wildman–Crippen MR) is 81.2 cm³/mol. The Morgan fingerprint density at radius 2 is 1.67 bits per heavy atom. The van der Waals surface area contributed by atoms with Crippen molar-refractivity contribution in [2.45, 2.75) is 0 Å². The minimum Gasteiger partial charge on any atom is -0.378 e. The summed E-state index contributed by atoms with van der Waals surface area (Å²) in [6.07, 6.45) is 5.13. The van der Waals surface area contributed by atoms with Gasteiger partial charge in [0.15, 0.2) is 11.4 Å². The molecule has 0 bridgehead atoms. The number of hydrogen-bond donors (Lipinski definition) is 0. The Hall–Kier alpha value is -3.18. The SMILES string of the molecule is CN(C)c1ccc(/C=C/c2cnc(C#N)c(C#N)n2)cc1. The van der Waals surface area contributed by atoms with Gasteiger partial charge in [0.25, 0.3) is 0 Å². The smallest absolute Gasteiger partial charge is 0.177 e. The first-order chi connectivity index (χ1) is 10.1. The summed E-state index contributed by atoms with van der Waals surface area (Å²) in [5.74, 6) is 0. The van der Waals surface area contributed by atoms with E-state index in [0.29, 0.717) is 5.69 Å². The molecule has 0 spiro atoms. The van der Waals surface area contributed by atoms with Crippen molar-refractivity contribution in [1.29, 1.82) is 10.5 Å². The maximum atomic E-state index is 8.91. The fourth-order valence-electron chi connectivity index (χ4n) is 1.71. The van der Waals surface area contributed by atoms with Crippen LogP contribution in [0.15, 0.2) is 30.5 Å². The van der Waals surface area contributed by atoms with Gasteiger partial charge in [0.05, 0.1) is 11.9 Å². The molecule has 2 rings (SSSR count). The van der Waals surface area contributed by atoms with Gasteiger partial charge in [-0.2, -0.15) is 10.5 Å². The van der Waals surface area contributed by atoms with Crippen molar-refractivity contribution < 1.29 is 0 Å². The van der Waals surface area contributed by atoms with Crippen molar-refractivity contribution in [3.8, 4) is 12.1 Å². The summed E-state index contributed by atoms with van der Waals surface area (Å²) >= 11 is 0. The standard InChI is InChI=1S/C16H13N5/c1-21(2)14-7-4-12(5-8-14)3-6-13-11-19-15(9-17)16(10-18)20-13/h3-8,11H,1-2H3/b6-3+. The van der Waals surface area contributed by atoms with E-state index in [1.165, 1.54) is 6.20 Å². The lowest BCUT2D eigenvalue weighted by atomic mass is 10.2. The molecular formula is C16H13N5. The van der Waals surface area contributed by atoms with Gasteiger partial charge in [0.1, 0.15) is 12.1 Å². The molecule has 0 radical (unpaired) electrons. The van der Waals surface area contributed by atoms with Crippen molar-refractivity contribution in [2.75, 3.05) is 19.0 Å². The molecule has 102 valence electrons. The van der Waals surface area contributed by atoms with Gasteiger partial charge in [-0.25, -0.2) is 9.97 Å². The van der Waals surface area contributed by atoms with Crippen LogP contribution in [-0.2, 0) is 0 Å². The quantitative estimate of drug-likeness (QED) is 0.860. The van der Waals surface area contributed by atoms with Crippen molar-refractivity contribution >= 4 is 17.8 Å². The molecule has 0 saturated heterocycles. The molecule has 5 heteroatoms. The van der Waals surface area contributed by atoms with Crippen molar-refractivity contribution in [2.24, 2.45) is 0 Å². The van der Waals surface area contributed by atoms with Crippen LogP contribution in [0.25, 0.3) is 12.2 Å². The Balaban J connectivity index is 2.22. The molecule has 0 N–H and O–H groups in total. The predicted octanol–water partition coefficient (Wildman–Crippen LogP) is 2.46. The number of rotatable bonds is 3. The number of nitrogens with zero attached hydrogens (tertiary/aromatic N) is 5. The minimum absolute atomic E-state index is 0.0441. The first-order valence-corrected chi connectivity index (χ1v) is 6.26. The van der Waals surface area contributed by atoms with Crippen LogP contribution in [-0.4, -0.2) is 24.1 Å². The van der Waals surface area contributed by atoms with Gasteiger partial charge in [-0.05, 0) is 23.8 Å². The van der Waals surface area contributed by atoms with E-state index < -0.39 is 0 Å². The third-order valence-corrected chi connectivity index (χ3v) is 2.86. The maximum absolute atomic E-state index is 8.91. The molecule has 1 aromatic heterocycles. The Labute approximate surface area is 123 Å². The van der Waals surface area contributed by atoms with E-state index in [1.54, 1.807) is 6.08 Å². The minimum atomic E-state index is 0.0441. The molecule has 0 unspecified atom stereocenters. The zero-order valence-corrected chi connectivity index (χ0v) is 11.8. The van der Waals surface area contributed by atoms with Crippen molar-refractivity contribution in [1.82, 2.24) is 9.97 Å². The molecule has 0 amide bonds. The summed E-state index contributed by atoms with van der Waals surface area (Å²) < 4.78 is 0. The number of nitriles is 2. The van der Waals surface area contributed by atoms with Crippen molar-refractivity contribution in [3.05, 3.63) is 53.1 Å². The van der Waals surface area contributed by atoms with Crippen LogP contribution in [0.4, 0.5) is 5.69 Å². The summed E-state index contributed by atoms with van der Waals surface area (Å²) in [4.78, 5) is 10.0. The fourth-order valence-corrected chi connectivity index (χ4v) is 1.71. The summed E-state index contributed by atoms with van der Waals surface area (Å²) in [6, 6.07) is 11.7. The molecule has 2 aromatic rings. The van der Waals surface area contributed by atoms with Crippen LogP contribution in [0.5, 0.6) is 0 Å². The largest absolute Gasteiger partial charge is 0.378 e. The van der Waals surface area contributed by atoms with E-state index in [0.717, 1.165) is 11.3 Å². The second-order valence-corrected chi connectivity index (χ2v) is 4.53. The van der Waals surface area contributed by atoms with Gasteiger partial charge in [0, 0.05) is 19.8 Å². The van der Waals surface area contributed by atoms with Gasteiger partial charge in [-0.15, -0.1) is 0 Å². The highest BCUT2D eigenvalue weighted by atomic mass is 15.1. The molecular weight excluding hydrogens is 262 g/mol. The number of anilines is 1. The van der Waals surface area contributed by atoms with Crippen LogP contribution in [0, 0.1) is 22.7 Å². The Kier molecular flexibility index (Phi) is 4.28. The lowest BCUT2D eigenvalue weighted by Gasteiger charge is -2.11.